The van der Waals surface area contributed by atoms with Gasteiger partial charge in [0, 0.05) is 10.8 Å². The van der Waals surface area contributed by atoms with Crippen LogP contribution in [0.4, 0.5) is 5.13 Å². The molecule has 0 atom stereocenters. The molecule has 3 aromatic heterocycles. The number of nitrogens with zero attached hydrogens (tertiary/aromatic N) is 5. The van der Waals surface area contributed by atoms with E-state index in [-0.39, 0.29) is 6.61 Å². The van der Waals surface area contributed by atoms with Crippen molar-refractivity contribution in [3.63, 3.8) is 0 Å². The van der Waals surface area contributed by atoms with Crippen molar-refractivity contribution in [2.75, 3.05) is 19.1 Å². The first kappa shape index (κ1) is 27.7. The normalized spacial score (nSPS) is 11.2. The van der Waals surface area contributed by atoms with Crippen molar-refractivity contribution in [2.24, 2.45) is 5.10 Å². The number of nitrogens with one attached hydrogen (secondary N) is 1. The van der Waals surface area contributed by atoms with Crippen LogP contribution in [0.2, 0.25) is 0 Å². The molecule has 43 heavy (non-hydrogen) atoms. The molecule has 0 aliphatic rings. The molecule has 0 spiro atoms. The van der Waals surface area contributed by atoms with Gasteiger partial charge in [0.05, 0.1) is 43.1 Å². The second-order valence-corrected chi connectivity index (χ2v) is 10.0. The summed E-state index contributed by atoms with van der Waals surface area (Å²) >= 11 is 1.33. The minimum Gasteiger partial charge on any atom is -0.497 e. The lowest BCUT2D eigenvalue weighted by Crippen LogP contribution is -2.04. The quantitative estimate of drug-likeness (QED) is 0.110. The van der Waals surface area contributed by atoms with E-state index in [0.29, 0.717) is 45.8 Å². The number of para-hydroxylation sites is 1. The molecule has 11 nitrogen and oxygen atoms in total. The number of anilines is 1. The van der Waals surface area contributed by atoms with Gasteiger partial charge < -0.3 is 18.6 Å². The molecule has 0 radical (unpaired) electrons. The van der Waals surface area contributed by atoms with Gasteiger partial charge in [-0.3, -0.25) is 5.43 Å². The fourth-order valence-electron chi connectivity index (χ4n) is 4.21. The van der Waals surface area contributed by atoms with Gasteiger partial charge in [-0.25, -0.2) is 14.5 Å². The second-order valence-electron chi connectivity index (χ2n) is 9.17. The molecule has 0 fully saturated rings. The van der Waals surface area contributed by atoms with Crippen molar-refractivity contribution in [3.05, 3.63) is 106 Å². The van der Waals surface area contributed by atoms with Crippen molar-refractivity contribution < 1.29 is 18.6 Å². The van der Waals surface area contributed by atoms with Crippen molar-refractivity contribution in [1.29, 1.82) is 0 Å². The van der Waals surface area contributed by atoms with Crippen LogP contribution in [-0.4, -0.2) is 39.9 Å². The smallest absolute Gasteiger partial charge is 0.345 e. The SMILES string of the molecule is CCOc1cccc2cc(-c3csc(N/N=C/c4ccc(OCc5cn(-c6ccc(OC)cc6)nn5)cc4)n3)c(=O)oc12. The average Bonchev–Trinajstić information content (AvgIpc) is 3.71. The summed E-state index contributed by atoms with van der Waals surface area (Å²) < 4.78 is 23.9. The second kappa shape index (κ2) is 12.6. The highest BCUT2D eigenvalue weighted by Gasteiger charge is 2.14. The monoisotopic (exact) mass is 594 g/mol. The highest BCUT2D eigenvalue weighted by Crippen LogP contribution is 2.29. The third-order valence-corrected chi connectivity index (χ3v) is 7.07. The minimum absolute atomic E-state index is 0.279. The predicted octanol–water partition coefficient (Wildman–Crippen LogP) is 5.93. The van der Waals surface area contributed by atoms with Gasteiger partial charge in [-0.05, 0) is 73.2 Å². The summed E-state index contributed by atoms with van der Waals surface area (Å²) in [6, 6.07) is 22.3. The van der Waals surface area contributed by atoms with Crippen molar-refractivity contribution >= 4 is 33.7 Å². The lowest BCUT2D eigenvalue weighted by atomic mass is 10.1. The Morgan fingerprint density at radius 1 is 1.05 bits per heavy atom. The minimum atomic E-state index is -0.482. The lowest BCUT2D eigenvalue weighted by Gasteiger charge is -2.06. The third kappa shape index (κ3) is 6.39. The average molecular weight is 595 g/mol. The molecule has 3 heterocycles. The van der Waals surface area contributed by atoms with E-state index in [1.165, 1.54) is 11.3 Å². The number of hydrogen-bond donors (Lipinski definition) is 1. The summed E-state index contributed by atoms with van der Waals surface area (Å²) in [5.41, 5.74) is 6.17. The molecular formula is C31H26N6O5S. The number of hydrogen-bond acceptors (Lipinski definition) is 11. The summed E-state index contributed by atoms with van der Waals surface area (Å²) in [5.74, 6) is 2.00. The zero-order chi connectivity index (χ0) is 29.6. The zero-order valence-electron chi connectivity index (χ0n) is 23.3. The Bertz CT molecular complexity index is 1930. The van der Waals surface area contributed by atoms with E-state index in [1.54, 1.807) is 35.5 Å². The van der Waals surface area contributed by atoms with Gasteiger partial charge in [0.15, 0.2) is 11.3 Å². The number of aromatic nitrogens is 4. The van der Waals surface area contributed by atoms with Crippen LogP contribution in [0, 0.1) is 0 Å². The lowest BCUT2D eigenvalue weighted by molar-refractivity contribution is 0.301. The maximum atomic E-state index is 12.7. The first-order valence-electron chi connectivity index (χ1n) is 13.3. The van der Waals surface area contributed by atoms with Crippen LogP contribution in [0.1, 0.15) is 18.2 Å². The first-order valence-corrected chi connectivity index (χ1v) is 14.2. The molecule has 1 N–H and O–H groups in total. The van der Waals surface area contributed by atoms with Crippen LogP contribution >= 0.6 is 11.3 Å². The van der Waals surface area contributed by atoms with Crippen LogP contribution in [0.15, 0.2) is 98.7 Å². The zero-order valence-corrected chi connectivity index (χ0v) is 24.1. The Labute approximate surface area is 250 Å². The topological polar surface area (TPSA) is 126 Å². The molecule has 0 saturated carbocycles. The summed E-state index contributed by atoms with van der Waals surface area (Å²) in [7, 11) is 1.63. The van der Waals surface area contributed by atoms with Crippen LogP contribution in [0.25, 0.3) is 27.9 Å². The van der Waals surface area contributed by atoms with Crippen LogP contribution < -0.4 is 25.3 Å². The highest BCUT2D eigenvalue weighted by molar-refractivity contribution is 7.14. The number of rotatable bonds is 11. The van der Waals surface area contributed by atoms with E-state index in [1.807, 2.05) is 73.8 Å². The molecule has 0 saturated heterocycles. The fourth-order valence-corrected chi connectivity index (χ4v) is 4.87. The van der Waals surface area contributed by atoms with E-state index < -0.39 is 5.63 Å². The molecule has 0 bridgehead atoms. The van der Waals surface area contributed by atoms with Gasteiger partial charge in [-0.15, -0.1) is 16.4 Å². The first-order chi connectivity index (χ1) is 21.1. The number of methoxy groups -OCH3 is 1. The predicted molar refractivity (Wildman–Crippen MR) is 165 cm³/mol. The highest BCUT2D eigenvalue weighted by atomic mass is 32.1. The van der Waals surface area contributed by atoms with E-state index >= 15 is 0 Å². The molecule has 3 aromatic carbocycles. The van der Waals surface area contributed by atoms with Gasteiger partial charge >= 0.3 is 5.63 Å². The molecule has 216 valence electrons. The van der Waals surface area contributed by atoms with Crippen LogP contribution in [-0.2, 0) is 6.61 Å². The molecule has 6 aromatic rings. The van der Waals surface area contributed by atoms with E-state index in [9.17, 15) is 4.79 Å². The van der Waals surface area contributed by atoms with Crippen LogP contribution in [0.3, 0.4) is 0 Å². The summed E-state index contributed by atoms with van der Waals surface area (Å²) in [5, 5.41) is 15.7. The van der Waals surface area contributed by atoms with Crippen LogP contribution in [0.5, 0.6) is 17.2 Å². The Morgan fingerprint density at radius 2 is 1.86 bits per heavy atom. The Morgan fingerprint density at radius 3 is 2.65 bits per heavy atom. The van der Waals surface area contributed by atoms with E-state index in [0.717, 1.165) is 22.4 Å². The number of thiazole rings is 1. The van der Waals surface area contributed by atoms with Gasteiger partial charge in [0.2, 0.25) is 5.13 Å². The molecule has 0 aliphatic heterocycles. The fraction of sp³-hybridized carbons (Fsp3) is 0.129. The van der Waals surface area contributed by atoms with Gasteiger partial charge in [0.1, 0.15) is 23.8 Å². The van der Waals surface area contributed by atoms with Crippen molar-refractivity contribution in [1.82, 2.24) is 20.0 Å². The Balaban J connectivity index is 1.04. The molecular weight excluding hydrogens is 568 g/mol. The largest absolute Gasteiger partial charge is 0.497 e. The Hall–Kier alpha value is -5.49. The standard InChI is InChI=1S/C31H26N6O5S/c1-3-40-28-6-4-5-21-15-26(30(38)42-29(21)28)27-19-43-31(33-27)35-32-16-20-7-11-25(12-8-20)41-18-22-17-37(36-34-22)23-9-13-24(39-2)14-10-23/h4-17,19H,3,18H2,1-2H3,(H,33,35)/b32-16+. The maximum absolute atomic E-state index is 12.7. The summed E-state index contributed by atoms with van der Waals surface area (Å²) in [6.07, 6.45) is 3.49. The Kier molecular flexibility index (Phi) is 8.09. The summed E-state index contributed by atoms with van der Waals surface area (Å²) in [4.78, 5) is 17.2. The molecule has 0 unspecified atom stereocenters. The number of ether oxygens (including phenoxy) is 3. The molecule has 0 amide bonds. The molecule has 0 aliphatic carbocycles. The van der Waals surface area contributed by atoms with Crippen molar-refractivity contribution in [3.8, 4) is 34.2 Å². The van der Waals surface area contributed by atoms with Gasteiger partial charge in [-0.2, -0.15) is 5.10 Å². The number of hydrazone groups is 1. The number of fused-ring (bicyclic) bond motifs is 1. The van der Waals surface area contributed by atoms with Gasteiger partial charge in [0.25, 0.3) is 0 Å². The van der Waals surface area contributed by atoms with E-state index in [4.69, 9.17) is 18.6 Å². The van der Waals surface area contributed by atoms with Gasteiger partial charge in [-0.1, -0.05) is 17.3 Å². The third-order valence-electron chi connectivity index (χ3n) is 6.32. The maximum Gasteiger partial charge on any atom is 0.345 e. The molecule has 6 rings (SSSR count). The van der Waals surface area contributed by atoms with E-state index in [2.05, 4.69) is 25.8 Å². The molecule has 12 heteroatoms. The number of benzene rings is 3. The summed E-state index contributed by atoms with van der Waals surface area (Å²) in [6.45, 7) is 2.63. The van der Waals surface area contributed by atoms with Crippen molar-refractivity contribution in [2.45, 2.75) is 13.5 Å².